The standard InChI is InChI=1S/C17H26BrN3O6S2/c1-4-27-13(22)9-10(16(19,14(23)24)5-7-28-2)12(18)21-11(9)17(20,15(25)26)6-8-29-3/h21H,4-8,19-20H2,1-3H3,(H,23,24)(H,25,26). The van der Waals surface area contributed by atoms with Gasteiger partial charge < -0.3 is 31.4 Å². The molecule has 1 aromatic heterocycles. The number of rotatable bonds is 12. The number of aliphatic carboxylic acids is 2. The molecule has 0 fully saturated rings. The Morgan fingerprint density at radius 1 is 1.07 bits per heavy atom. The topological polar surface area (TPSA) is 169 Å². The highest BCUT2D eigenvalue weighted by molar-refractivity contribution is 9.10. The summed E-state index contributed by atoms with van der Waals surface area (Å²) in [6.45, 7) is 1.59. The molecule has 0 saturated heterocycles. The summed E-state index contributed by atoms with van der Waals surface area (Å²) in [5.41, 5.74) is 8.08. The first-order chi connectivity index (χ1) is 13.5. The molecule has 1 heterocycles. The third-order valence-electron chi connectivity index (χ3n) is 4.49. The molecular formula is C17H26BrN3O6S2. The van der Waals surface area contributed by atoms with Crippen molar-refractivity contribution >= 4 is 57.4 Å². The first-order valence-corrected chi connectivity index (χ1v) is 12.2. The van der Waals surface area contributed by atoms with Crippen LogP contribution in [0.4, 0.5) is 0 Å². The van der Waals surface area contributed by atoms with E-state index in [0.29, 0.717) is 11.5 Å². The maximum Gasteiger partial charge on any atom is 0.340 e. The Balaban J connectivity index is 3.86. The Bertz CT molecular complexity index is 775. The van der Waals surface area contributed by atoms with Crippen LogP contribution in [0.3, 0.4) is 0 Å². The molecule has 29 heavy (non-hydrogen) atoms. The van der Waals surface area contributed by atoms with Crippen LogP contribution in [0.2, 0.25) is 0 Å². The predicted molar refractivity (Wildman–Crippen MR) is 117 cm³/mol. The van der Waals surface area contributed by atoms with Crippen molar-refractivity contribution in [2.45, 2.75) is 30.8 Å². The number of thioether (sulfide) groups is 2. The number of carboxylic acids is 2. The second kappa shape index (κ2) is 10.7. The highest BCUT2D eigenvalue weighted by Crippen LogP contribution is 2.40. The summed E-state index contributed by atoms with van der Waals surface area (Å²) in [5, 5.41) is 19.7. The lowest BCUT2D eigenvalue weighted by Crippen LogP contribution is -2.48. The molecule has 9 nitrogen and oxygen atoms in total. The van der Waals surface area contributed by atoms with Gasteiger partial charge in [-0.2, -0.15) is 23.5 Å². The number of carbonyl (C=O) groups excluding carboxylic acids is 1. The van der Waals surface area contributed by atoms with E-state index in [9.17, 15) is 24.6 Å². The van der Waals surface area contributed by atoms with E-state index >= 15 is 0 Å². The van der Waals surface area contributed by atoms with E-state index in [1.54, 1.807) is 19.4 Å². The van der Waals surface area contributed by atoms with Gasteiger partial charge in [0.1, 0.15) is 5.54 Å². The van der Waals surface area contributed by atoms with Crippen LogP contribution >= 0.6 is 39.5 Å². The average Bonchev–Trinajstić information content (AvgIpc) is 3.02. The molecule has 2 unspecified atom stereocenters. The smallest absolute Gasteiger partial charge is 0.340 e. The van der Waals surface area contributed by atoms with E-state index < -0.39 is 29.0 Å². The third-order valence-corrected chi connectivity index (χ3v) is 6.31. The summed E-state index contributed by atoms with van der Waals surface area (Å²) in [6, 6.07) is 0. The molecule has 1 rings (SSSR count). The second-order valence-electron chi connectivity index (χ2n) is 6.32. The van der Waals surface area contributed by atoms with Gasteiger partial charge in [0.25, 0.3) is 0 Å². The number of nitrogens with two attached hydrogens (primary N) is 2. The summed E-state index contributed by atoms with van der Waals surface area (Å²) >= 11 is 6.01. The highest BCUT2D eigenvalue weighted by atomic mass is 79.9. The van der Waals surface area contributed by atoms with Crippen molar-refractivity contribution < 1.29 is 29.3 Å². The van der Waals surface area contributed by atoms with Crippen molar-refractivity contribution in [2.75, 3.05) is 30.6 Å². The number of hydrogen-bond donors (Lipinski definition) is 5. The summed E-state index contributed by atoms with van der Waals surface area (Å²) < 4.78 is 5.18. The van der Waals surface area contributed by atoms with Crippen molar-refractivity contribution in [3.05, 3.63) is 21.4 Å². The van der Waals surface area contributed by atoms with E-state index in [1.165, 1.54) is 23.5 Å². The molecule has 164 valence electrons. The second-order valence-corrected chi connectivity index (χ2v) is 9.09. The molecule has 0 radical (unpaired) electrons. The number of carbonyl (C=O) groups is 3. The molecule has 0 aromatic carbocycles. The lowest BCUT2D eigenvalue weighted by molar-refractivity contribution is -0.144. The van der Waals surface area contributed by atoms with E-state index in [2.05, 4.69) is 20.9 Å². The molecule has 0 amide bonds. The molecule has 12 heteroatoms. The van der Waals surface area contributed by atoms with Gasteiger partial charge in [0.15, 0.2) is 5.54 Å². The maximum atomic E-state index is 12.8. The van der Waals surface area contributed by atoms with Gasteiger partial charge >= 0.3 is 17.9 Å². The molecule has 0 bridgehead atoms. The van der Waals surface area contributed by atoms with Gasteiger partial charge in [-0.15, -0.1) is 0 Å². The van der Waals surface area contributed by atoms with Crippen LogP contribution in [0.25, 0.3) is 0 Å². The fraction of sp³-hybridized carbons (Fsp3) is 0.588. The molecule has 7 N–H and O–H groups in total. The Labute approximate surface area is 185 Å². The van der Waals surface area contributed by atoms with E-state index in [4.69, 9.17) is 16.2 Å². The summed E-state index contributed by atoms with van der Waals surface area (Å²) in [7, 11) is 0. The van der Waals surface area contributed by atoms with Crippen molar-refractivity contribution in [1.29, 1.82) is 0 Å². The van der Waals surface area contributed by atoms with Crippen molar-refractivity contribution in [3.63, 3.8) is 0 Å². The first-order valence-electron chi connectivity index (χ1n) is 8.63. The minimum atomic E-state index is -1.97. The van der Waals surface area contributed by atoms with Crippen LogP contribution in [-0.4, -0.2) is 63.7 Å². The average molecular weight is 512 g/mol. The Hall–Kier alpha value is -1.21. The summed E-state index contributed by atoms with van der Waals surface area (Å²) in [6.07, 6.45) is 3.59. The number of nitrogens with one attached hydrogen (secondary N) is 1. The van der Waals surface area contributed by atoms with Crippen LogP contribution in [0.5, 0.6) is 0 Å². The molecule has 0 aliphatic carbocycles. The molecule has 2 atom stereocenters. The number of aromatic amines is 1. The van der Waals surface area contributed by atoms with Crippen molar-refractivity contribution in [2.24, 2.45) is 11.5 Å². The third kappa shape index (κ3) is 5.29. The zero-order valence-corrected chi connectivity index (χ0v) is 19.6. The molecular weight excluding hydrogens is 486 g/mol. The van der Waals surface area contributed by atoms with Crippen LogP contribution in [0, 0.1) is 0 Å². The zero-order valence-electron chi connectivity index (χ0n) is 16.4. The molecule has 0 aliphatic heterocycles. The molecule has 1 aromatic rings. The first kappa shape index (κ1) is 25.8. The van der Waals surface area contributed by atoms with Gasteiger partial charge in [0, 0.05) is 5.56 Å². The Morgan fingerprint density at radius 2 is 1.55 bits per heavy atom. The lowest BCUT2D eigenvalue weighted by atomic mass is 9.83. The number of carboxylic acid groups (broad SMARTS) is 2. The minimum absolute atomic E-state index is 0.00124. The van der Waals surface area contributed by atoms with Gasteiger partial charge in [0.05, 0.1) is 22.5 Å². The quantitative estimate of drug-likeness (QED) is 0.261. The number of ether oxygens (including phenoxy) is 1. The van der Waals surface area contributed by atoms with Gasteiger partial charge in [-0.05, 0) is 59.7 Å². The van der Waals surface area contributed by atoms with Crippen LogP contribution in [-0.2, 0) is 25.4 Å². The molecule has 0 saturated carbocycles. The SMILES string of the molecule is CCOC(=O)c1c(C(N)(CCSC)C(=O)O)[nH]c(Br)c1C(N)(CCSC)C(=O)O. The number of esters is 1. The Morgan fingerprint density at radius 3 is 1.97 bits per heavy atom. The number of halogens is 1. The van der Waals surface area contributed by atoms with Gasteiger partial charge in [-0.3, -0.25) is 0 Å². The van der Waals surface area contributed by atoms with Crippen molar-refractivity contribution in [1.82, 2.24) is 4.98 Å². The largest absolute Gasteiger partial charge is 0.480 e. The Kier molecular flexibility index (Phi) is 9.54. The van der Waals surface area contributed by atoms with E-state index in [0.717, 1.165) is 0 Å². The normalized spacial score (nSPS) is 15.4. The maximum absolute atomic E-state index is 12.8. The zero-order chi connectivity index (χ0) is 22.4. The number of hydrogen-bond acceptors (Lipinski definition) is 8. The van der Waals surface area contributed by atoms with Gasteiger partial charge in [0.2, 0.25) is 0 Å². The van der Waals surface area contributed by atoms with Crippen LogP contribution in [0.1, 0.15) is 41.4 Å². The highest BCUT2D eigenvalue weighted by Gasteiger charge is 2.48. The van der Waals surface area contributed by atoms with E-state index in [1.807, 2.05) is 0 Å². The minimum Gasteiger partial charge on any atom is -0.480 e. The molecule has 0 spiro atoms. The lowest BCUT2D eigenvalue weighted by Gasteiger charge is -2.27. The van der Waals surface area contributed by atoms with Crippen molar-refractivity contribution in [3.8, 4) is 0 Å². The predicted octanol–water partition coefficient (Wildman–Crippen LogP) is 1.94. The van der Waals surface area contributed by atoms with E-state index in [-0.39, 0.29) is 40.9 Å². The van der Waals surface area contributed by atoms with Gasteiger partial charge in [-0.25, -0.2) is 14.4 Å². The number of H-pyrrole nitrogens is 1. The van der Waals surface area contributed by atoms with Crippen LogP contribution in [0.15, 0.2) is 4.60 Å². The van der Waals surface area contributed by atoms with Crippen LogP contribution < -0.4 is 11.5 Å². The fourth-order valence-corrected chi connectivity index (χ4v) is 4.64. The summed E-state index contributed by atoms with van der Waals surface area (Å²) in [5.74, 6) is -2.81. The number of aromatic nitrogens is 1. The molecule has 0 aliphatic rings. The summed E-state index contributed by atoms with van der Waals surface area (Å²) in [4.78, 5) is 39.8. The van der Waals surface area contributed by atoms with Gasteiger partial charge in [-0.1, -0.05) is 0 Å². The monoisotopic (exact) mass is 511 g/mol. The fourth-order valence-electron chi connectivity index (χ4n) is 2.83.